The molecule has 106 valence electrons. The van der Waals surface area contributed by atoms with E-state index in [0.29, 0.717) is 0 Å². The van der Waals surface area contributed by atoms with E-state index < -0.39 is 0 Å². The average molecular weight is 343 g/mol. The molecule has 0 aliphatic carbocycles. The molecule has 1 heterocycles. The zero-order valence-electron chi connectivity index (χ0n) is 11.6. The highest BCUT2D eigenvalue weighted by molar-refractivity contribution is 9.10. The predicted molar refractivity (Wildman–Crippen MR) is 89.8 cm³/mol. The van der Waals surface area contributed by atoms with Gasteiger partial charge in [-0.15, -0.1) is 0 Å². The topological polar surface area (TPSA) is 34.1 Å². The minimum Gasteiger partial charge on any atom is -0.497 e. The van der Waals surface area contributed by atoms with Gasteiger partial charge in [0, 0.05) is 34.4 Å². The molecule has 0 saturated heterocycles. The van der Waals surface area contributed by atoms with Gasteiger partial charge >= 0.3 is 0 Å². The molecule has 0 radical (unpaired) electrons. The molecule has 0 bridgehead atoms. The number of aromatic nitrogens is 1. The van der Waals surface area contributed by atoms with Crippen molar-refractivity contribution in [3.05, 3.63) is 64.8 Å². The molecule has 0 aliphatic heterocycles. The first-order valence-corrected chi connectivity index (χ1v) is 7.46. The number of halogens is 1. The third kappa shape index (κ3) is 3.16. The third-order valence-electron chi connectivity index (χ3n) is 3.33. The van der Waals surface area contributed by atoms with Gasteiger partial charge in [-0.1, -0.05) is 34.1 Å². The predicted octanol–water partition coefficient (Wildman–Crippen LogP) is 4.62. The van der Waals surface area contributed by atoms with Crippen LogP contribution in [0.1, 0.15) is 5.56 Å². The number of ether oxygens (including phenoxy) is 1. The molecule has 0 spiro atoms. The maximum absolute atomic E-state index is 5.28. The molecule has 21 heavy (non-hydrogen) atoms. The Morgan fingerprint density at radius 1 is 1.14 bits per heavy atom. The lowest BCUT2D eigenvalue weighted by Gasteiger charge is -2.11. The van der Waals surface area contributed by atoms with Crippen LogP contribution in [0.15, 0.2) is 59.2 Å². The second-order valence-electron chi connectivity index (χ2n) is 4.72. The van der Waals surface area contributed by atoms with E-state index in [2.05, 4.69) is 32.3 Å². The maximum atomic E-state index is 5.28. The lowest BCUT2D eigenvalue weighted by Crippen LogP contribution is -2.01. The van der Waals surface area contributed by atoms with Gasteiger partial charge in [-0.2, -0.15) is 0 Å². The monoisotopic (exact) mass is 342 g/mol. The summed E-state index contributed by atoms with van der Waals surface area (Å²) >= 11 is 3.49. The van der Waals surface area contributed by atoms with E-state index in [1.54, 1.807) is 7.11 Å². The second kappa shape index (κ2) is 6.14. The van der Waals surface area contributed by atoms with E-state index in [1.807, 2.05) is 48.7 Å². The number of fused-ring (bicyclic) bond motifs is 1. The molecule has 0 unspecified atom stereocenters. The Bertz CT molecular complexity index is 768. The highest BCUT2D eigenvalue weighted by atomic mass is 79.9. The first-order valence-electron chi connectivity index (χ1n) is 6.67. The molecule has 3 nitrogen and oxygen atoms in total. The molecule has 1 aromatic heterocycles. The number of methoxy groups -OCH3 is 1. The van der Waals surface area contributed by atoms with Crippen molar-refractivity contribution in [2.75, 3.05) is 12.4 Å². The quantitative estimate of drug-likeness (QED) is 0.751. The molecule has 1 N–H and O–H groups in total. The summed E-state index contributed by atoms with van der Waals surface area (Å²) in [6, 6.07) is 16.2. The van der Waals surface area contributed by atoms with E-state index in [9.17, 15) is 0 Å². The van der Waals surface area contributed by atoms with Crippen LogP contribution in [-0.4, -0.2) is 12.1 Å². The minimum absolute atomic E-state index is 0.739. The first kappa shape index (κ1) is 13.9. The Balaban J connectivity index is 1.85. The Morgan fingerprint density at radius 3 is 2.86 bits per heavy atom. The van der Waals surface area contributed by atoms with Crippen molar-refractivity contribution in [1.29, 1.82) is 0 Å². The molecule has 3 rings (SSSR count). The summed E-state index contributed by atoms with van der Waals surface area (Å²) in [7, 11) is 1.67. The maximum Gasteiger partial charge on any atom is 0.122 e. The number of anilines is 1. The van der Waals surface area contributed by atoms with E-state index in [-0.39, 0.29) is 0 Å². The van der Waals surface area contributed by atoms with Gasteiger partial charge in [0.15, 0.2) is 0 Å². The van der Waals surface area contributed by atoms with Gasteiger partial charge in [0.1, 0.15) is 5.75 Å². The van der Waals surface area contributed by atoms with Gasteiger partial charge in [-0.25, -0.2) is 0 Å². The zero-order valence-corrected chi connectivity index (χ0v) is 13.2. The normalized spacial score (nSPS) is 10.6. The average Bonchev–Trinajstić information content (AvgIpc) is 2.52. The summed E-state index contributed by atoms with van der Waals surface area (Å²) in [5, 5.41) is 4.61. The van der Waals surface area contributed by atoms with Crippen molar-refractivity contribution >= 4 is 32.5 Å². The van der Waals surface area contributed by atoms with Gasteiger partial charge < -0.3 is 10.1 Å². The molecule has 0 saturated carbocycles. The van der Waals surface area contributed by atoms with Crippen LogP contribution in [0.25, 0.3) is 10.9 Å². The number of nitrogens with one attached hydrogen (secondary N) is 1. The summed E-state index contributed by atoms with van der Waals surface area (Å²) in [6.45, 7) is 0.739. The van der Waals surface area contributed by atoms with Gasteiger partial charge in [0.25, 0.3) is 0 Å². The molecule has 0 atom stereocenters. The van der Waals surface area contributed by atoms with Gasteiger partial charge in [-0.3, -0.25) is 4.98 Å². The fraction of sp³-hybridized carbons (Fsp3) is 0.118. The van der Waals surface area contributed by atoms with Crippen molar-refractivity contribution < 1.29 is 4.74 Å². The van der Waals surface area contributed by atoms with Gasteiger partial charge in [0.2, 0.25) is 0 Å². The Labute approximate surface area is 132 Å². The Hall–Kier alpha value is -2.07. The van der Waals surface area contributed by atoms with Gasteiger partial charge in [0.05, 0.1) is 12.6 Å². The lowest BCUT2D eigenvalue weighted by atomic mass is 10.1. The van der Waals surface area contributed by atoms with Crippen LogP contribution in [0.5, 0.6) is 5.75 Å². The third-order valence-corrected chi connectivity index (χ3v) is 3.79. The van der Waals surface area contributed by atoms with Crippen LogP contribution in [-0.2, 0) is 6.54 Å². The highest BCUT2D eigenvalue weighted by Crippen LogP contribution is 2.25. The Kier molecular flexibility index (Phi) is 4.06. The van der Waals surface area contributed by atoms with Crippen LogP contribution >= 0.6 is 15.9 Å². The van der Waals surface area contributed by atoms with Crippen molar-refractivity contribution in [2.24, 2.45) is 0 Å². The van der Waals surface area contributed by atoms with Crippen molar-refractivity contribution in [2.45, 2.75) is 6.54 Å². The smallest absolute Gasteiger partial charge is 0.122 e. The number of hydrogen-bond donors (Lipinski definition) is 1. The van der Waals surface area contributed by atoms with Crippen LogP contribution in [0.2, 0.25) is 0 Å². The zero-order chi connectivity index (χ0) is 14.7. The number of pyridine rings is 1. The number of rotatable bonds is 4. The SMILES string of the molecule is COc1cc(Br)cc(NCc2ccnc3ccccc23)c1. The van der Waals surface area contributed by atoms with Crippen LogP contribution in [0.3, 0.4) is 0 Å². The second-order valence-corrected chi connectivity index (χ2v) is 5.64. The summed E-state index contributed by atoms with van der Waals surface area (Å²) < 4.78 is 6.27. The number of nitrogens with zero attached hydrogens (tertiary/aromatic N) is 1. The molecular formula is C17H15BrN2O. The fourth-order valence-electron chi connectivity index (χ4n) is 2.29. The summed E-state index contributed by atoms with van der Waals surface area (Å²) in [5.74, 6) is 0.825. The summed E-state index contributed by atoms with van der Waals surface area (Å²) in [6.07, 6.45) is 1.85. The lowest BCUT2D eigenvalue weighted by molar-refractivity contribution is 0.414. The highest BCUT2D eigenvalue weighted by Gasteiger charge is 2.03. The fourth-order valence-corrected chi connectivity index (χ4v) is 2.76. The van der Waals surface area contributed by atoms with Crippen molar-refractivity contribution in [3.63, 3.8) is 0 Å². The van der Waals surface area contributed by atoms with Crippen LogP contribution in [0, 0.1) is 0 Å². The van der Waals surface area contributed by atoms with E-state index in [4.69, 9.17) is 4.74 Å². The Morgan fingerprint density at radius 2 is 2.00 bits per heavy atom. The van der Waals surface area contributed by atoms with Crippen molar-refractivity contribution in [1.82, 2.24) is 4.98 Å². The number of para-hydroxylation sites is 1. The van der Waals surface area contributed by atoms with Crippen LogP contribution in [0.4, 0.5) is 5.69 Å². The summed E-state index contributed by atoms with van der Waals surface area (Å²) in [5.41, 5.74) is 3.25. The molecule has 3 aromatic rings. The first-order chi connectivity index (χ1) is 10.3. The number of hydrogen-bond acceptors (Lipinski definition) is 3. The number of benzene rings is 2. The largest absolute Gasteiger partial charge is 0.497 e. The van der Waals surface area contributed by atoms with E-state index in [1.165, 1.54) is 10.9 Å². The minimum atomic E-state index is 0.739. The van der Waals surface area contributed by atoms with E-state index in [0.717, 1.165) is 28.0 Å². The molecule has 4 heteroatoms. The van der Waals surface area contributed by atoms with Gasteiger partial charge in [-0.05, 0) is 29.8 Å². The van der Waals surface area contributed by atoms with Crippen molar-refractivity contribution in [3.8, 4) is 5.75 Å². The molecule has 0 aliphatic rings. The molecule has 2 aromatic carbocycles. The van der Waals surface area contributed by atoms with E-state index >= 15 is 0 Å². The molecule has 0 amide bonds. The molecule has 0 fully saturated rings. The molecular weight excluding hydrogens is 328 g/mol. The standard InChI is InChI=1S/C17H15BrN2O/c1-21-15-9-13(18)8-14(10-15)20-11-12-6-7-19-17-5-3-2-4-16(12)17/h2-10,20H,11H2,1H3. The summed E-state index contributed by atoms with van der Waals surface area (Å²) in [4.78, 5) is 4.38. The van der Waals surface area contributed by atoms with Crippen LogP contribution < -0.4 is 10.1 Å².